The third-order valence-corrected chi connectivity index (χ3v) is 7.24. The van der Waals surface area contributed by atoms with Gasteiger partial charge in [0.05, 0.1) is 24.7 Å². The Labute approximate surface area is 212 Å². The molecule has 0 spiro atoms. The van der Waals surface area contributed by atoms with Crippen LogP contribution in [0.15, 0.2) is 24.5 Å². The molecule has 1 aliphatic carbocycles. The van der Waals surface area contributed by atoms with E-state index in [2.05, 4.69) is 32.8 Å². The number of nitrogens with zero attached hydrogens (tertiary/aromatic N) is 2. The molecule has 192 valence electrons. The van der Waals surface area contributed by atoms with E-state index in [0.29, 0.717) is 47.6 Å². The van der Waals surface area contributed by atoms with Gasteiger partial charge in [0.25, 0.3) is 0 Å². The second-order valence-electron chi connectivity index (χ2n) is 9.76. The summed E-state index contributed by atoms with van der Waals surface area (Å²) in [7, 11) is 1.73. The highest BCUT2D eigenvalue weighted by molar-refractivity contribution is 6.32. The lowest BCUT2D eigenvalue weighted by Gasteiger charge is -2.31. The van der Waals surface area contributed by atoms with Crippen LogP contribution < -0.4 is 16.0 Å². The van der Waals surface area contributed by atoms with Gasteiger partial charge in [0.2, 0.25) is 0 Å². The van der Waals surface area contributed by atoms with Gasteiger partial charge in [-0.15, -0.1) is 0 Å². The molecule has 1 aliphatic heterocycles. The molecule has 35 heavy (non-hydrogen) atoms. The van der Waals surface area contributed by atoms with Gasteiger partial charge in [0.1, 0.15) is 16.8 Å². The number of ether oxygens (including phenoxy) is 2. The van der Waals surface area contributed by atoms with Gasteiger partial charge in [0, 0.05) is 56.1 Å². The molecule has 0 aromatic carbocycles. The average molecular weight is 506 g/mol. The van der Waals surface area contributed by atoms with Gasteiger partial charge >= 0.3 is 0 Å². The maximum Gasteiger partial charge on any atom is 0.149 e. The van der Waals surface area contributed by atoms with Crippen molar-refractivity contribution in [3.05, 3.63) is 35.5 Å². The summed E-state index contributed by atoms with van der Waals surface area (Å²) in [5, 5.41) is 10.8. The molecular weight excluding hydrogens is 469 g/mol. The number of methoxy groups -OCH3 is 1. The Morgan fingerprint density at radius 1 is 1.06 bits per heavy atom. The lowest BCUT2D eigenvalue weighted by molar-refractivity contribution is 0.0699. The first-order valence-corrected chi connectivity index (χ1v) is 13.0. The Balaban J connectivity index is 1.38. The molecule has 4 rings (SSSR count). The predicted octanol–water partition coefficient (Wildman–Crippen LogP) is 5.12. The number of pyridine rings is 2. The zero-order valence-electron chi connectivity index (χ0n) is 20.7. The van der Waals surface area contributed by atoms with E-state index >= 15 is 0 Å². The smallest absolute Gasteiger partial charge is 0.149 e. The number of rotatable bonds is 10. The quantitative estimate of drug-likeness (QED) is 0.386. The molecule has 3 heterocycles. The van der Waals surface area contributed by atoms with Crippen molar-refractivity contribution in [2.75, 3.05) is 44.1 Å². The van der Waals surface area contributed by atoms with E-state index in [4.69, 9.17) is 21.1 Å². The lowest BCUT2D eigenvalue weighted by Crippen LogP contribution is -2.42. The SMILES string of the molecule is COC[C@@H](C)NC1CCC(Nc2cc(-c3cc(NCC4CCOCC4)cnc3Cl)c(F)cn2)CC1. The standard InChI is InChI=1S/C26H37ClFN5O2/c1-17(16-34-2)32-19-3-5-20(6-4-19)33-25-12-22(24(28)15-30-25)23-11-21(14-31-26(23)27)29-13-18-7-9-35-10-8-18/h11-12,14-15,17-20,29,32H,3-10,13,16H2,1-2H3,(H,30,33)/t17-,19?,20?/m1/s1. The summed E-state index contributed by atoms with van der Waals surface area (Å²) in [6, 6.07) is 4.76. The summed E-state index contributed by atoms with van der Waals surface area (Å²) in [6.07, 6.45) is 9.25. The van der Waals surface area contributed by atoms with E-state index in [1.807, 2.05) is 6.07 Å². The van der Waals surface area contributed by atoms with Crippen molar-refractivity contribution >= 4 is 23.1 Å². The molecule has 9 heteroatoms. The summed E-state index contributed by atoms with van der Waals surface area (Å²) < 4.78 is 25.5. The highest BCUT2D eigenvalue weighted by atomic mass is 35.5. The molecule has 0 radical (unpaired) electrons. The monoisotopic (exact) mass is 505 g/mol. The first-order valence-electron chi connectivity index (χ1n) is 12.7. The number of hydrogen-bond donors (Lipinski definition) is 3. The molecule has 1 saturated carbocycles. The molecule has 0 amide bonds. The number of hydrogen-bond acceptors (Lipinski definition) is 7. The number of aromatic nitrogens is 2. The van der Waals surface area contributed by atoms with Crippen LogP contribution in [0.5, 0.6) is 0 Å². The van der Waals surface area contributed by atoms with Gasteiger partial charge in [-0.25, -0.2) is 14.4 Å². The molecule has 1 atom stereocenters. The van der Waals surface area contributed by atoms with Crippen molar-refractivity contribution in [2.45, 2.75) is 63.6 Å². The summed E-state index contributed by atoms with van der Waals surface area (Å²) in [4.78, 5) is 8.60. The third-order valence-electron chi connectivity index (χ3n) is 6.94. The van der Waals surface area contributed by atoms with E-state index in [9.17, 15) is 4.39 Å². The lowest BCUT2D eigenvalue weighted by atomic mass is 9.90. The van der Waals surface area contributed by atoms with Crippen molar-refractivity contribution < 1.29 is 13.9 Å². The van der Waals surface area contributed by atoms with E-state index in [1.165, 1.54) is 6.20 Å². The Morgan fingerprint density at radius 2 is 1.80 bits per heavy atom. The van der Waals surface area contributed by atoms with Gasteiger partial charge in [-0.3, -0.25) is 0 Å². The Kier molecular flexibility index (Phi) is 9.54. The topological polar surface area (TPSA) is 80.3 Å². The van der Waals surface area contributed by atoms with Crippen LogP contribution in [0.3, 0.4) is 0 Å². The van der Waals surface area contributed by atoms with E-state index in [1.54, 1.807) is 19.4 Å². The second-order valence-corrected chi connectivity index (χ2v) is 10.1. The number of nitrogens with one attached hydrogen (secondary N) is 3. The van der Waals surface area contributed by atoms with Gasteiger partial charge in [0.15, 0.2) is 0 Å². The fourth-order valence-corrected chi connectivity index (χ4v) is 5.19. The molecule has 2 aromatic rings. The normalized spacial score (nSPS) is 22.1. The minimum absolute atomic E-state index is 0.273. The van der Waals surface area contributed by atoms with Gasteiger partial charge in [-0.05, 0) is 63.5 Å². The minimum Gasteiger partial charge on any atom is -0.384 e. The maximum atomic E-state index is 14.8. The van der Waals surface area contributed by atoms with Crippen LogP contribution in [0.25, 0.3) is 11.1 Å². The Hall–Kier alpha value is -2.00. The zero-order chi connectivity index (χ0) is 24.6. The van der Waals surface area contributed by atoms with Crippen molar-refractivity contribution in [3.8, 4) is 11.1 Å². The van der Waals surface area contributed by atoms with Crippen molar-refractivity contribution in [1.82, 2.24) is 15.3 Å². The molecule has 2 fully saturated rings. The second kappa shape index (κ2) is 12.8. The van der Waals surface area contributed by atoms with E-state index in [0.717, 1.165) is 64.0 Å². The first-order chi connectivity index (χ1) is 17.0. The molecule has 0 unspecified atom stereocenters. The zero-order valence-corrected chi connectivity index (χ0v) is 21.4. The molecule has 0 bridgehead atoms. The summed E-state index contributed by atoms with van der Waals surface area (Å²) in [6.45, 7) is 5.30. The van der Waals surface area contributed by atoms with Crippen LogP contribution in [-0.4, -0.2) is 61.6 Å². The van der Waals surface area contributed by atoms with Crippen LogP contribution in [0.1, 0.15) is 45.4 Å². The molecular formula is C26H37ClFN5O2. The summed E-state index contributed by atoms with van der Waals surface area (Å²) in [5.74, 6) is 0.799. The minimum atomic E-state index is -0.416. The highest BCUT2D eigenvalue weighted by Crippen LogP contribution is 2.33. The highest BCUT2D eigenvalue weighted by Gasteiger charge is 2.23. The van der Waals surface area contributed by atoms with Crippen molar-refractivity contribution in [2.24, 2.45) is 5.92 Å². The predicted molar refractivity (Wildman–Crippen MR) is 139 cm³/mol. The van der Waals surface area contributed by atoms with Gasteiger partial charge in [-0.1, -0.05) is 11.6 Å². The maximum absolute atomic E-state index is 14.8. The van der Waals surface area contributed by atoms with E-state index in [-0.39, 0.29) is 5.15 Å². The Morgan fingerprint density at radius 3 is 2.54 bits per heavy atom. The van der Waals surface area contributed by atoms with E-state index < -0.39 is 5.82 Å². The molecule has 2 aliphatic rings. The van der Waals surface area contributed by atoms with Crippen LogP contribution in [0.4, 0.5) is 15.9 Å². The molecule has 2 aromatic heterocycles. The third kappa shape index (κ3) is 7.49. The van der Waals surface area contributed by atoms with Gasteiger partial charge < -0.3 is 25.4 Å². The van der Waals surface area contributed by atoms with Crippen molar-refractivity contribution in [1.29, 1.82) is 0 Å². The van der Waals surface area contributed by atoms with Crippen molar-refractivity contribution in [3.63, 3.8) is 0 Å². The molecule has 7 nitrogen and oxygen atoms in total. The average Bonchev–Trinajstić information content (AvgIpc) is 2.87. The number of halogens is 2. The molecule has 3 N–H and O–H groups in total. The Bertz CT molecular complexity index is 951. The largest absolute Gasteiger partial charge is 0.384 e. The molecule has 1 saturated heterocycles. The van der Waals surface area contributed by atoms with Gasteiger partial charge in [-0.2, -0.15) is 0 Å². The van der Waals surface area contributed by atoms with Crippen LogP contribution in [0, 0.1) is 11.7 Å². The van der Waals surface area contributed by atoms with Crippen LogP contribution in [0.2, 0.25) is 5.15 Å². The summed E-state index contributed by atoms with van der Waals surface area (Å²) >= 11 is 6.40. The summed E-state index contributed by atoms with van der Waals surface area (Å²) in [5.41, 5.74) is 1.79. The fraction of sp³-hybridized carbons (Fsp3) is 0.615. The van der Waals surface area contributed by atoms with Crippen LogP contribution in [-0.2, 0) is 9.47 Å². The first kappa shape index (κ1) is 26.1. The number of anilines is 2. The van der Waals surface area contributed by atoms with Crippen LogP contribution >= 0.6 is 11.6 Å². The fourth-order valence-electron chi connectivity index (χ4n) is 4.98.